The van der Waals surface area contributed by atoms with Crippen molar-refractivity contribution in [3.63, 3.8) is 0 Å². The van der Waals surface area contributed by atoms with Gasteiger partial charge >= 0.3 is 6.09 Å². The molecule has 0 aromatic rings. The molecule has 1 amide bonds. The van der Waals surface area contributed by atoms with Crippen molar-refractivity contribution >= 4 is 6.09 Å². The molecule has 3 rings (SSSR count). The van der Waals surface area contributed by atoms with Gasteiger partial charge in [0.25, 0.3) is 0 Å². The number of amides is 1. The summed E-state index contributed by atoms with van der Waals surface area (Å²) in [7, 11) is 1.81. The number of nitrogens with one attached hydrogen (secondary N) is 1. The third kappa shape index (κ3) is 2.44. The lowest BCUT2D eigenvalue weighted by molar-refractivity contribution is -0.0160. The molecule has 3 fully saturated rings. The van der Waals surface area contributed by atoms with Crippen LogP contribution in [0, 0.1) is 0 Å². The minimum atomic E-state index is -0.237. The summed E-state index contributed by atoms with van der Waals surface area (Å²) in [4.78, 5) is 15.7. The Bertz CT molecular complexity index is 355. The lowest BCUT2D eigenvalue weighted by Gasteiger charge is -2.44. The Hall–Kier alpha value is -0.850. The Morgan fingerprint density at radius 2 is 2.16 bits per heavy atom. The van der Waals surface area contributed by atoms with E-state index in [1.807, 2.05) is 7.05 Å². The third-order valence-corrected chi connectivity index (χ3v) is 4.81. The molecule has 2 atom stereocenters. The van der Waals surface area contributed by atoms with Crippen LogP contribution >= 0.6 is 0 Å². The van der Waals surface area contributed by atoms with Crippen molar-refractivity contribution in [1.82, 2.24) is 15.1 Å². The Labute approximate surface area is 114 Å². The molecule has 0 saturated carbocycles. The Balaban J connectivity index is 1.59. The summed E-state index contributed by atoms with van der Waals surface area (Å²) in [6.45, 7) is 4.67. The van der Waals surface area contributed by atoms with Gasteiger partial charge in [0.1, 0.15) is 5.60 Å². The number of carbonyl (C=O) groups is 1. The summed E-state index contributed by atoms with van der Waals surface area (Å²) in [5.41, 5.74) is 5.96. The summed E-state index contributed by atoms with van der Waals surface area (Å²) in [5.74, 6) is 0. The first-order valence-corrected chi connectivity index (χ1v) is 7.24. The van der Waals surface area contributed by atoms with Crippen LogP contribution in [0.15, 0.2) is 0 Å². The first-order chi connectivity index (χ1) is 9.10. The quantitative estimate of drug-likeness (QED) is 0.677. The van der Waals surface area contributed by atoms with Gasteiger partial charge in [-0.2, -0.15) is 0 Å². The fourth-order valence-electron chi connectivity index (χ4n) is 3.64. The van der Waals surface area contributed by atoms with Gasteiger partial charge in [-0.3, -0.25) is 4.90 Å². The van der Waals surface area contributed by atoms with Crippen LogP contribution in [0.1, 0.15) is 19.3 Å². The lowest BCUT2D eigenvalue weighted by Crippen LogP contribution is -2.60. The van der Waals surface area contributed by atoms with Crippen LogP contribution in [0.3, 0.4) is 0 Å². The Kier molecular flexibility index (Phi) is 3.41. The molecule has 6 heteroatoms. The van der Waals surface area contributed by atoms with Crippen molar-refractivity contribution in [3.8, 4) is 0 Å². The summed E-state index contributed by atoms with van der Waals surface area (Å²) in [6.07, 6.45) is 2.81. The van der Waals surface area contributed by atoms with Crippen molar-refractivity contribution in [3.05, 3.63) is 0 Å². The predicted molar refractivity (Wildman–Crippen MR) is 71.9 cm³/mol. The van der Waals surface area contributed by atoms with Crippen LogP contribution in [-0.4, -0.2) is 73.3 Å². The minimum absolute atomic E-state index is 0.174. The summed E-state index contributed by atoms with van der Waals surface area (Å²) in [5, 5.41) is 3.34. The molecule has 2 unspecified atom stereocenters. The predicted octanol–water partition coefficient (Wildman–Crippen LogP) is -0.408. The maximum atomic E-state index is 11.5. The number of nitrogens with two attached hydrogens (primary N) is 1. The van der Waals surface area contributed by atoms with Gasteiger partial charge in [-0.05, 0) is 13.0 Å². The fourth-order valence-corrected chi connectivity index (χ4v) is 3.64. The summed E-state index contributed by atoms with van der Waals surface area (Å²) in [6, 6.07) is 0.699. The van der Waals surface area contributed by atoms with E-state index in [-0.39, 0.29) is 17.7 Å². The van der Waals surface area contributed by atoms with E-state index in [2.05, 4.69) is 10.2 Å². The number of nitrogens with zero attached hydrogens (tertiary/aromatic N) is 2. The van der Waals surface area contributed by atoms with E-state index in [0.717, 1.165) is 52.0 Å². The van der Waals surface area contributed by atoms with Gasteiger partial charge in [-0.1, -0.05) is 0 Å². The number of likely N-dealkylation sites (N-methyl/N-ethyl adjacent to an activating group) is 1. The maximum absolute atomic E-state index is 11.5. The molecule has 3 heterocycles. The Morgan fingerprint density at radius 1 is 1.42 bits per heavy atom. The highest BCUT2D eigenvalue weighted by atomic mass is 16.6. The van der Waals surface area contributed by atoms with Gasteiger partial charge < -0.3 is 20.7 Å². The zero-order valence-electron chi connectivity index (χ0n) is 11.6. The number of hydrogen-bond acceptors (Lipinski definition) is 5. The van der Waals surface area contributed by atoms with Gasteiger partial charge in [0.2, 0.25) is 0 Å². The molecule has 0 aromatic heterocycles. The standard InChI is InChI=1S/C13H24N4O2/c1-16-9-13(19-12(16)18)3-6-17(7-4-13)11-2-5-15-8-10(11)14/h10-11,15H,2-9,14H2,1H3. The van der Waals surface area contributed by atoms with E-state index in [1.165, 1.54) is 0 Å². The highest BCUT2D eigenvalue weighted by Crippen LogP contribution is 2.33. The molecular formula is C13H24N4O2. The van der Waals surface area contributed by atoms with E-state index >= 15 is 0 Å². The molecule has 3 aliphatic heterocycles. The number of likely N-dealkylation sites (tertiary alicyclic amines) is 1. The van der Waals surface area contributed by atoms with Crippen molar-refractivity contribution in [2.24, 2.45) is 5.73 Å². The maximum Gasteiger partial charge on any atom is 0.410 e. The molecule has 0 aliphatic carbocycles. The third-order valence-electron chi connectivity index (χ3n) is 4.81. The van der Waals surface area contributed by atoms with Crippen LogP contribution in [0.2, 0.25) is 0 Å². The lowest BCUT2D eigenvalue weighted by atomic mass is 9.88. The molecular weight excluding hydrogens is 244 g/mol. The van der Waals surface area contributed by atoms with E-state index < -0.39 is 0 Å². The first-order valence-electron chi connectivity index (χ1n) is 7.24. The van der Waals surface area contributed by atoms with Crippen molar-refractivity contribution in [2.45, 2.75) is 36.9 Å². The largest absolute Gasteiger partial charge is 0.441 e. The van der Waals surface area contributed by atoms with Gasteiger partial charge in [0.15, 0.2) is 0 Å². The van der Waals surface area contributed by atoms with Crippen LogP contribution in [0.4, 0.5) is 4.79 Å². The van der Waals surface area contributed by atoms with E-state index in [9.17, 15) is 4.79 Å². The molecule has 3 aliphatic rings. The normalized spacial score (nSPS) is 35.7. The smallest absolute Gasteiger partial charge is 0.410 e. The summed E-state index contributed by atoms with van der Waals surface area (Å²) < 4.78 is 5.58. The first kappa shape index (κ1) is 13.1. The highest BCUT2D eigenvalue weighted by molar-refractivity contribution is 5.70. The number of piperidine rings is 2. The molecule has 19 heavy (non-hydrogen) atoms. The second-order valence-electron chi connectivity index (χ2n) is 6.17. The second-order valence-corrected chi connectivity index (χ2v) is 6.17. The molecule has 0 aromatic carbocycles. The molecule has 1 spiro atoms. The molecule has 6 nitrogen and oxygen atoms in total. The van der Waals surface area contributed by atoms with Gasteiger partial charge in [0, 0.05) is 51.6 Å². The monoisotopic (exact) mass is 268 g/mol. The number of ether oxygens (including phenoxy) is 1. The highest BCUT2D eigenvalue weighted by Gasteiger charge is 2.46. The molecule has 3 N–H and O–H groups in total. The van der Waals surface area contributed by atoms with Gasteiger partial charge in [-0.15, -0.1) is 0 Å². The molecule has 0 radical (unpaired) electrons. The minimum Gasteiger partial charge on any atom is -0.441 e. The van der Waals surface area contributed by atoms with Crippen molar-refractivity contribution < 1.29 is 9.53 Å². The van der Waals surface area contributed by atoms with Crippen molar-refractivity contribution in [2.75, 3.05) is 39.8 Å². The topological polar surface area (TPSA) is 70.8 Å². The number of rotatable bonds is 1. The molecule has 108 valence electrons. The van der Waals surface area contributed by atoms with Crippen LogP contribution in [-0.2, 0) is 4.74 Å². The second kappa shape index (κ2) is 4.92. The van der Waals surface area contributed by atoms with E-state index in [4.69, 9.17) is 10.5 Å². The average Bonchev–Trinajstić information content (AvgIpc) is 2.67. The van der Waals surface area contributed by atoms with Crippen LogP contribution in [0.25, 0.3) is 0 Å². The molecule has 3 saturated heterocycles. The Morgan fingerprint density at radius 3 is 2.74 bits per heavy atom. The average molecular weight is 268 g/mol. The van der Waals surface area contributed by atoms with Crippen molar-refractivity contribution in [1.29, 1.82) is 0 Å². The SMILES string of the molecule is CN1CC2(CCN(C3CCNCC3N)CC2)OC1=O. The zero-order valence-corrected chi connectivity index (χ0v) is 11.6. The van der Waals surface area contributed by atoms with Gasteiger partial charge in [0.05, 0.1) is 6.54 Å². The van der Waals surface area contributed by atoms with Crippen LogP contribution in [0.5, 0.6) is 0 Å². The van der Waals surface area contributed by atoms with E-state index in [0.29, 0.717) is 6.04 Å². The van der Waals surface area contributed by atoms with Crippen LogP contribution < -0.4 is 11.1 Å². The fraction of sp³-hybridized carbons (Fsp3) is 0.923. The molecule has 0 bridgehead atoms. The summed E-state index contributed by atoms with van der Waals surface area (Å²) >= 11 is 0. The number of carbonyl (C=O) groups excluding carboxylic acids is 1. The van der Waals surface area contributed by atoms with Gasteiger partial charge in [-0.25, -0.2) is 4.79 Å². The number of hydrogen-bond donors (Lipinski definition) is 2. The zero-order chi connectivity index (χ0) is 13.5. The van der Waals surface area contributed by atoms with E-state index in [1.54, 1.807) is 4.90 Å².